The molecule has 1 aliphatic rings. The van der Waals surface area contributed by atoms with E-state index in [0.717, 1.165) is 0 Å². The summed E-state index contributed by atoms with van der Waals surface area (Å²) in [5, 5.41) is 2.09. The molecule has 0 spiro atoms. The number of piperidine rings is 1. The van der Waals surface area contributed by atoms with Gasteiger partial charge in [0, 0.05) is 12.2 Å². The molecule has 0 unspecified atom stereocenters. The first-order chi connectivity index (χ1) is 13.4. The molecule has 1 aliphatic heterocycles. The number of alkyl halides is 6. The van der Waals surface area contributed by atoms with Gasteiger partial charge in [0.15, 0.2) is 0 Å². The van der Waals surface area contributed by atoms with Gasteiger partial charge in [-0.15, -0.1) is 0 Å². The molecule has 29 heavy (non-hydrogen) atoms. The summed E-state index contributed by atoms with van der Waals surface area (Å²) in [6.07, 6.45) is -8.81. The van der Waals surface area contributed by atoms with Crippen LogP contribution in [0.5, 0.6) is 0 Å². The van der Waals surface area contributed by atoms with Crippen molar-refractivity contribution in [3.63, 3.8) is 0 Å². The number of ether oxygens (including phenoxy) is 1. The average Bonchev–Trinajstić information content (AvgIpc) is 2.60. The zero-order valence-corrected chi connectivity index (χ0v) is 15.5. The van der Waals surface area contributed by atoms with Crippen molar-refractivity contribution in [2.24, 2.45) is 5.92 Å². The fourth-order valence-corrected chi connectivity index (χ4v) is 3.08. The molecule has 0 aliphatic carbocycles. The van der Waals surface area contributed by atoms with Crippen LogP contribution in [0, 0.1) is 5.92 Å². The van der Waals surface area contributed by atoms with Gasteiger partial charge in [-0.3, -0.25) is 14.5 Å². The Hall–Kier alpha value is -2.30. The van der Waals surface area contributed by atoms with Crippen molar-refractivity contribution < 1.29 is 40.7 Å². The number of esters is 1. The first-order valence-electron chi connectivity index (χ1n) is 8.88. The second kappa shape index (κ2) is 9.02. The van der Waals surface area contributed by atoms with Gasteiger partial charge in [-0.2, -0.15) is 26.3 Å². The Kier molecular flexibility index (Phi) is 7.15. The molecule has 0 aromatic heterocycles. The number of anilines is 1. The summed E-state index contributed by atoms with van der Waals surface area (Å²) < 4.78 is 82.3. The Labute approximate surface area is 163 Å². The van der Waals surface area contributed by atoms with Gasteiger partial charge in [-0.05, 0) is 44.5 Å². The number of nitrogens with one attached hydrogen (secondary N) is 1. The zero-order chi connectivity index (χ0) is 21.8. The molecule has 1 N–H and O–H groups in total. The van der Waals surface area contributed by atoms with E-state index in [1.165, 1.54) is 0 Å². The Balaban J connectivity index is 2.09. The number of likely N-dealkylation sites (tertiary alicyclic amines) is 1. The molecule has 0 bridgehead atoms. The highest BCUT2D eigenvalue weighted by Gasteiger charge is 2.37. The zero-order valence-electron chi connectivity index (χ0n) is 15.5. The largest absolute Gasteiger partial charge is 0.466 e. The molecule has 1 fully saturated rings. The molecule has 1 aromatic rings. The number of carbonyl (C=O) groups is 2. The van der Waals surface area contributed by atoms with Crippen molar-refractivity contribution in [2.45, 2.75) is 32.1 Å². The van der Waals surface area contributed by atoms with Crippen LogP contribution in [0.15, 0.2) is 18.2 Å². The van der Waals surface area contributed by atoms with E-state index in [4.69, 9.17) is 4.74 Å². The number of benzene rings is 1. The Morgan fingerprint density at radius 2 is 1.69 bits per heavy atom. The second-order valence-corrected chi connectivity index (χ2v) is 6.67. The van der Waals surface area contributed by atoms with Crippen LogP contribution < -0.4 is 5.32 Å². The maximum Gasteiger partial charge on any atom is 0.416 e. The lowest BCUT2D eigenvalue weighted by Crippen LogP contribution is -2.43. The van der Waals surface area contributed by atoms with Crippen molar-refractivity contribution in [2.75, 3.05) is 31.6 Å². The summed E-state index contributed by atoms with van der Waals surface area (Å²) >= 11 is 0. The van der Waals surface area contributed by atoms with E-state index in [1.807, 2.05) is 0 Å². The van der Waals surface area contributed by atoms with Gasteiger partial charge < -0.3 is 10.1 Å². The van der Waals surface area contributed by atoms with E-state index in [0.29, 0.717) is 31.5 Å². The van der Waals surface area contributed by atoms with Crippen molar-refractivity contribution in [3.8, 4) is 0 Å². The highest BCUT2D eigenvalue weighted by Crippen LogP contribution is 2.37. The van der Waals surface area contributed by atoms with Gasteiger partial charge in [-0.1, -0.05) is 0 Å². The predicted molar refractivity (Wildman–Crippen MR) is 90.9 cm³/mol. The third-order valence-electron chi connectivity index (χ3n) is 4.36. The van der Waals surface area contributed by atoms with Gasteiger partial charge in [0.2, 0.25) is 5.91 Å². The quantitative estimate of drug-likeness (QED) is 0.573. The van der Waals surface area contributed by atoms with Crippen molar-refractivity contribution in [3.05, 3.63) is 29.3 Å². The summed E-state index contributed by atoms with van der Waals surface area (Å²) in [6, 6.07) is 0.889. The Morgan fingerprint density at radius 3 is 2.21 bits per heavy atom. The van der Waals surface area contributed by atoms with Crippen molar-refractivity contribution in [1.82, 2.24) is 4.90 Å². The lowest BCUT2D eigenvalue weighted by atomic mass is 9.98. The minimum Gasteiger partial charge on any atom is -0.466 e. The third kappa shape index (κ3) is 6.62. The average molecular weight is 426 g/mol. The molecule has 11 heteroatoms. The lowest BCUT2D eigenvalue weighted by Gasteiger charge is -2.30. The minimum absolute atomic E-state index is 0.00969. The smallest absolute Gasteiger partial charge is 0.416 e. The van der Waals surface area contributed by atoms with E-state index < -0.39 is 47.0 Å². The summed E-state index contributed by atoms with van der Waals surface area (Å²) in [4.78, 5) is 25.6. The van der Waals surface area contributed by atoms with Crippen LogP contribution in [-0.2, 0) is 26.7 Å². The van der Waals surface area contributed by atoms with E-state index in [-0.39, 0.29) is 25.8 Å². The SMILES string of the molecule is CCOC(=O)[C@H]1CCCN(CC(=O)Nc2cc(C(F)(F)F)cc(C(F)(F)F)c2)C1. The number of rotatable bonds is 5. The van der Waals surface area contributed by atoms with E-state index in [1.54, 1.807) is 11.8 Å². The van der Waals surface area contributed by atoms with Crippen molar-refractivity contribution >= 4 is 17.6 Å². The van der Waals surface area contributed by atoms with E-state index >= 15 is 0 Å². The number of nitrogens with zero attached hydrogens (tertiary/aromatic N) is 1. The van der Waals surface area contributed by atoms with Crippen LogP contribution in [-0.4, -0.2) is 43.0 Å². The lowest BCUT2D eigenvalue weighted by molar-refractivity contribution is -0.150. The van der Waals surface area contributed by atoms with Crippen LogP contribution in [0.4, 0.5) is 32.0 Å². The summed E-state index contributed by atoms with van der Waals surface area (Å²) in [7, 11) is 0. The number of hydrogen-bond donors (Lipinski definition) is 1. The molecule has 1 aromatic carbocycles. The maximum atomic E-state index is 12.9. The minimum atomic E-state index is -5.00. The Bertz CT molecular complexity index is 716. The summed E-state index contributed by atoms with van der Waals surface area (Å²) in [6.45, 7) is 2.30. The molecule has 0 saturated carbocycles. The molecular weight excluding hydrogens is 406 g/mol. The van der Waals surface area contributed by atoms with Gasteiger partial charge in [0.25, 0.3) is 0 Å². The number of carbonyl (C=O) groups excluding carboxylic acids is 2. The Morgan fingerprint density at radius 1 is 1.10 bits per heavy atom. The van der Waals surface area contributed by atoms with Gasteiger partial charge >= 0.3 is 18.3 Å². The third-order valence-corrected chi connectivity index (χ3v) is 4.36. The van der Waals surface area contributed by atoms with Gasteiger partial charge in [0.05, 0.1) is 30.2 Å². The van der Waals surface area contributed by atoms with Crippen LogP contribution in [0.1, 0.15) is 30.9 Å². The van der Waals surface area contributed by atoms with E-state index in [9.17, 15) is 35.9 Å². The molecule has 1 saturated heterocycles. The molecule has 1 heterocycles. The molecule has 5 nitrogen and oxygen atoms in total. The first-order valence-corrected chi connectivity index (χ1v) is 8.88. The predicted octanol–water partition coefficient (Wildman–Crippen LogP) is 3.94. The van der Waals surface area contributed by atoms with E-state index in [2.05, 4.69) is 5.32 Å². The molecule has 1 amide bonds. The topological polar surface area (TPSA) is 58.6 Å². The highest BCUT2D eigenvalue weighted by atomic mass is 19.4. The molecule has 162 valence electrons. The van der Waals surface area contributed by atoms with Gasteiger partial charge in [0.1, 0.15) is 0 Å². The second-order valence-electron chi connectivity index (χ2n) is 6.67. The number of hydrogen-bond acceptors (Lipinski definition) is 4. The van der Waals surface area contributed by atoms with Crippen LogP contribution in [0.2, 0.25) is 0 Å². The molecule has 1 atom stereocenters. The highest BCUT2D eigenvalue weighted by molar-refractivity contribution is 5.92. The summed E-state index contributed by atoms with van der Waals surface area (Å²) in [5.74, 6) is -1.60. The number of halogens is 6. The van der Waals surface area contributed by atoms with Crippen LogP contribution in [0.3, 0.4) is 0 Å². The number of amides is 1. The van der Waals surface area contributed by atoms with Crippen LogP contribution >= 0.6 is 0 Å². The molecule has 0 radical (unpaired) electrons. The van der Waals surface area contributed by atoms with Crippen LogP contribution in [0.25, 0.3) is 0 Å². The fraction of sp³-hybridized carbons (Fsp3) is 0.556. The maximum absolute atomic E-state index is 12.9. The first kappa shape index (κ1) is 23.0. The fourth-order valence-electron chi connectivity index (χ4n) is 3.08. The van der Waals surface area contributed by atoms with Crippen molar-refractivity contribution in [1.29, 1.82) is 0 Å². The normalized spacial score (nSPS) is 18.4. The molecular formula is C18H20F6N2O3. The monoisotopic (exact) mass is 426 g/mol. The molecule has 2 rings (SSSR count). The standard InChI is InChI=1S/C18H20F6N2O3/c1-2-29-16(28)11-4-3-5-26(9-11)10-15(27)25-14-7-12(17(19,20)21)6-13(8-14)18(22,23)24/h6-8,11H,2-5,9-10H2,1H3,(H,25,27)/t11-/m0/s1. The van der Waals surface area contributed by atoms with Gasteiger partial charge in [-0.25, -0.2) is 0 Å². The summed E-state index contributed by atoms with van der Waals surface area (Å²) in [5.41, 5.74) is -3.62.